The fourth-order valence-electron chi connectivity index (χ4n) is 3.56. The Balaban J connectivity index is 1.97. The third kappa shape index (κ3) is 5.76. The molecule has 0 aliphatic carbocycles. The molecule has 2 amide bonds. The molecule has 1 N–H and O–H groups in total. The molecule has 0 bridgehead atoms. The van der Waals surface area contributed by atoms with E-state index in [1.807, 2.05) is 61.2 Å². The van der Waals surface area contributed by atoms with Gasteiger partial charge in [0.05, 0.1) is 16.8 Å². The first-order chi connectivity index (χ1) is 15.7. The summed E-state index contributed by atoms with van der Waals surface area (Å²) < 4.78 is 5.19. The van der Waals surface area contributed by atoms with Gasteiger partial charge >= 0.3 is 0 Å². The smallest absolute Gasteiger partial charge is 0.291 e. The van der Waals surface area contributed by atoms with Crippen LogP contribution in [0.1, 0.15) is 47.2 Å². The third-order valence-electron chi connectivity index (χ3n) is 5.73. The number of halogens is 1. The molecule has 174 valence electrons. The Kier molecular flexibility index (Phi) is 7.82. The van der Waals surface area contributed by atoms with Crippen molar-refractivity contribution >= 4 is 34.8 Å². The number of amides is 2. The number of hydrogen-bond acceptors (Lipinski definition) is 4. The van der Waals surface area contributed by atoms with Gasteiger partial charge in [-0.15, -0.1) is 0 Å². The summed E-state index contributed by atoms with van der Waals surface area (Å²) >= 11 is 6.35. The maximum atomic E-state index is 13.6. The van der Waals surface area contributed by atoms with Crippen molar-refractivity contribution in [2.24, 2.45) is 5.92 Å². The zero-order chi connectivity index (χ0) is 24.1. The van der Waals surface area contributed by atoms with E-state index in [4.69, 9.17) is 16.0 Å². The van der Waals surface area contributed by atoms with Crippen LogP contribution in [0.15, 0.2) is 65.3 Å². The van der Waals surface area contributed by atoms with Gasteiger partial charge in [-0.25, -0.2) is 0 Å². The monoisotopic (exact) mass is 467 g/mol. The van der Waals surface area contributed by atoms with Crippen molar-refractivity contribution < 1.29 is 14.0 Å². The highest BCUT2D eigenvalue weighted by Gasteiger charge is 2.26. The average molecular weight is 468 g/mol. The van der Waals surface area contributed by atoms with Gasteiger partial charge in [-0.1, -0.05) is 37.6 Å². The minimum atomic E-state index is -0.330. The molecule has 3 aromatic rings. The number of carbonyl (C=O) groups excluding carboxylic acids is 2. The van der Waals surface area contributed by atoms with E-state index >= 15 is 0 Å². The molecule has 0 fully saturated rings. The van der Waals surface area contributed by atoms with Gasteiger partial charge in [0, 0.05) is 38.1 Å². The minimum Gasteiger partial charge on any atom is -0.459 e. The zero-order valence-electron chi connectivity index (χ0n) is 19.6. The Morgan fingerprint density at radius 3 is 2.36 bits per heavy atom. The molecule has 1 atom stereocenters. The van der Waals surface area contributed by atoms with Crippen molar-refractivity contribution in [3.8, 4) is 0 Å². The molecule has 0 spiro atoms. The lowest BCUT2D eigenvalue weighted by molar-refractivity contribution is 0.0628. The van der Waals surface area contributed by atoms with Crippen LogP contribution in [-0.4, -0.2) is 36.9 Å². The Morgan fingerprint density at radius 1 is 1.03 bits per heavy atom. The third-order valence-corrected chi connectivity index (χ3v) is 6.06. The standard InChI is InChI=1S/C26H30ClN3O3/c1-17(2)18(3)30(26(32)21-9-6-7-10-22(21)27)16-19-15-20(12-13-23(19)29(4)5)28-25(31)24-11-8-14-33-24/h6-15,17-18H,16H2,1-5H3,(H,28,31)/t18-/m1/s1. The van der Waals surface area contributed by atoms with Gasteiger partial charge in [-0.3, -0.25) is 9.59 Å². The predicted molar refractivity (Wildman–Crippen MR) is 133 cm³/mol. The van der Waals surface area contributed by atoms with E-state index in [1.165, 1.54) is 6.26 Å². The summed E-state index contributed by atoms with van der Waals surface area (Å²) in [5.41, 5.74) is 2.96. The van der Waals surface area contributed by atoms with Crippen LogP contribution in [0.25, 0.3) is 0 Å². The van der Waals surface area contributed by atoms with Crippen molar-refractivity contribution in [2.45, 2.75) is 33.4 Å². The molecule has 0 aliphatic rings. The second-order valence-corrected chi connectivity index (χ2v) is 8.97. The van der Waals surface area contributed by atoms with Gasteiger partial charge in [0.2, 0.25) is 0 Å². The summed E-state index contributed by atoms with van der Waals surface area (Å²) in [4.78, 5) is 29.9. The van der Waals surface area contributed by atoms with Gasteiger partial charge in [0.25, 0.3) is 11.8 Å². The van der Waals surface area contributed by atoms with E-state index in [0.29, 0.717) is 22.8 Å². The number of nitrogens with one attached hydrogen (secondary N) is 1. The quantitative estimate of drug-likeness (QED) is 0.445. The Hall–Kier alpha value is -3.25. The number of anilines is 2. The number of rotatable bonds is 8. The van der Waals surface area contributed by atoms with Crippen LogP contribution in [0.5, 0.6) is 0 Å². The van der Waals surface area contributed by atoms with Crippen molar-refractivity contribution in [3.05, 3.63) is 82.8 Å². The Morgan fingerprint density at radius 2 is 1.76 bits per heavy atom. The van der Waals surface area contributed by atoms with Crippen LogP contribution in [0, 0.1) is 5.92 Å². The van der Waals surface area contributed by atoms with E-state index in [2.05, 4.69) is 19.2 Å². The SMILES string of the molecule is CC(C)[C@@H](C)N(Cc1cc(NC(=O)c2ccco2)ccc1N(C)C)C(=O)c1ccccc1Cl. The van der Waals surface area contributed by atoms with Crippen LogP contribution in [0.3, 0.4) is 0 Å². The molecule has 33 heavy (non-hydrogen) atoms. The molecular formula is C26H30ClN3O3. The van der Waals surface area contributed by atoms with Crippen LogP contribution in [-0.2, 0) is 6.54 Å². The van der Waals surface area contributed by atoms with Gasteiger partial charge in [-0.2, -0.15) is 0 Å². The summed E-state index contributed by atoms with van der Waals surface area (Å²) in [6.07, 6.45) is 1.46. The molecule has 0 aliphatic heterocycles. The van der Waals surface area contributed by atoms with E-state index in [-0.39, 0.29) is 29.5 Å². The van der Waals surface area contributed by atoms with Crippen molar-refractivity contribution in [1.29, 1.82) is 0 Å². The Bertz CT molecular complexity index is 1110. The largest absolute Gasteiger partial charge is 0.459 e. The fourth-order valence-corrected chi connectivity index (χ4v) is 3.78. The van der Waals surface area contributed by atoms with Crippen LogP contribution >= 0.6 is 11.6 Å². The lowest BCUT2D eigenvalue weighted by Gasteiger charge is -2.33. The molecule has 6 nitrogen and oxygen atoms in total. The second kappa shape index (κ2) is 10.6. The molecule has 1 heterocycles. The number of nitrogens with zero attached hydrogens (tertiary/aromatic N) is 2. The first-order valence-electron chi connectivity index (χ1n) is 10.9. The summed E-state index contributed by atoms with van der Waals surface area (Å²) in [7, 11) is 3.90. The highest BCUT2D eigenvalue weighted by Crippen LogP contribution is 2.28. The summed E-state index contributed by atoms with van der Waals surface area (Å²) in [6.45, 7) is 6.58. The second-order valence-electron chi connectivity index (χ2n) is 8.57. The van der Waals surface area contributed by atoms with Crippen molar-refractivity contribution in [1.82, 2.24) is 4.90 Å². The summed E-state index contributed by atoms with van der Waals surface area (Å²) in [5.74, 6) is 0.0119. The lowest BCUT2D eigenvalue weighted by Crippen LogP contribution is -2.41. The zero-order valence-corrected chi connectivity index (χ0v) is 20.4. The van der Waals surface area contributed by atoms with Gasteiger partial charge in [-0.05, 0) is 60.9 Å². The molecule has 3 rings (SSSR count). The van der Waals surface area contributed by atoms with Crippen molar-refractivity contribution in [3.63, 3.8) is 0 Å². The molecule has 2 aromatic carbocycles. The van der Waals surface area contributed by atoms with Crippen LogP contribution in [0.4, 0.5) is 11.4 Å². The number of carbonyl (C=O) groups is 2. The van der Waals surface area contributed by atoms with Crippen LogP contribution in [0.2, 0.25) is 5.02 Å². The first kappa shape index (κ1) is 24.4. The first-order valence-corrected chi connectivity index (χ1v) is 11.3. The van der Waals surface area contributed by atoms with E-state index in [9.17, 15) is 9.59 Å². The molecular weight excluding hydrogens is 438 g/mol. The molecule has 7 heteroatoms. The fraction of sp³-hybridized carbons (Fsp3) is 0.308. The maximum absolute atomic E-state index is 13.6. The molecule has 0 saturated carbocycles. The number of hydrogen-bond donors (Lipinski definition) is 1. The predicted octanol–water partition coefficient (Wildman–Crippen LogP) is 5.94. The molecule has 0 saturated heterocycles. The van der Waals surface area contributed by atoms with E-state index in [0.717, 1.165) is 11.3 Å². The molecule has 1 aromatic heterocycles. The average Bonchev–Trinajstić information content (AvgIpc) is 3.32. The topological polar surface area (TPSA) is 65.8 Å². The summed E-state index contributed by atoms with van der Waals surface area (Å²) in [5, 5.41) is 3.30. The van der Waals surface area contributed by atoms with Gasteiger partial charge in [0.1, 0.15) is 0 Å². The Labute approximate surface area is 200 Å². The normalized spacial score (nSPS) is 11.8. The highest BCUT2D eigenvalue weighted by atomic mass is 35.5. The summed E-state index contributed by atoms with van der Waals surface area (Å²) in [6, 6.07) is 16.0. The van der Waals surface area contributed by atoms with Gasteiger partial charge < -0.3 is 19.5 Å². The molecule has 0 radical (unpaired) electrons. The van der Waals surface area contributed by atoms with Crippen molar-refractivity contribution in [2.75, 3.05) is 24.3 Å². The highest BCUT2D eigenvalue weighted by molar-refractivity contribution is 6.33. The van der Waals surface area contributed by atoms with E-state index in [1.54, 1.807) is 24.3 Å². The van der Waals surface area contributed by atoms with Crippen LogP contribution < -0.4 is 10.2 Å². The van der Waals surface area contributed by atoms with E-state index < -0.39 is 0 Å². The number of benzene rings is 2. The van der Waals surface area contributed by atoms with Gasteiger partial charge in [0.15, 0.2) is 5.76 Å². The number of furan rings is 1. The lowest BCUT2D eigenvalue weighted by atomic mass is 10.0. The maximum Gasteiger partial charge on any atom is 0.291 e. The minimum absolute atomic E-state index is 0.0369. The molecule has 0 unspecified atom stereocenters.